The Kier molecular flexibility index (Phi) is 7.36. The molecule has 0 amide bonds. The number of hydrogen-bond acceptors (Lipinski definition) is 3. The molecule has 1 aromatic rings. The lowest BCUT2D eigenvalue weighted by Crippen LogP contribution is -2.38. The van der Waals surface area contributed by atoms with Crippen LogP contribution in [0.25, 0.3) is 0 Å². The lowest BCUT2D eigenvalue weighted by molar-refractivity contribution is -0.902. The first-order chi connectivity index (χ1) is 8.38. The van der Waals surface area contributed by atoms with E-state index in [1.54, 1.807) is 0 Å². The topological polar surface area (TPSA) is 44.6 Å². The first kappa shape index (κ1) is 18.2. The summed E-state index contributed by atoms with van der Waals surface area (Å²) in [5, 5.41) is 11.0. The largest absolute Gasteiger partial charge is 0.567 e. The molecular weight excluding hydrogens is 355 g/mol. The zero-order valence-corrected chi connectivity index (χ0v) is 14.5. The van der Waals surface area contributed by atoms with Crippen LogP contribution in [0.15, 0.2) is 29.3 Å². The average Bonchev–Trinajstić information content (AvgIpc) is 2.30. The summed E-state index contributed by atoms with van der Waals surface area (Å²) in [6.45, 7) is 2.18. The Morgan fingerprint density at radius 3 is 2.16 bits per heavy atom. The van der Waals surface area contributed by atoms with E-state index in [4.69, 9.17) is 4.74 Å². The van der Waals surface area contributed by atoms with E-state index in [1.807, 2.05) is 24.3 Å². The second-order valence-electron chi connectivity index (χ2n) is 5.20. The summed E-state index contributed by atoms with van der Waals surface area (Å²) in [5.41, 5.74) is 1.25. The fourth-order valence-corrected chi connectivity index (χ4v) is 2.14. The number of hydrogen-bond donors (Lipinski definition) is 0. The maximum absolute atomic E-state index is 11.0. The highest BCUT2D eigenvalue weighted by Gasteiger charge is 2.23. The van der Waals surface area contributed by atoms with Crippen LogP contribution in [0.5, 0.6) is 5.75 Å². The molecule has 1 rings (SSSR count). The molecule has 4 nitrogen and oxygen atoms in total. The third-order valence-corrected chi connectivity index (χ3v) is 2.97. The number of halogens is 1. The molecule has 0 saturated heterocycles. The molecule has 0 bridgehead atoms. The first-order valence-electron chi connectivity index (χ1n) is 6.11. The molecule has 0 aliphatic heterocycles. The molecule has 1 atom stereocenters. The Morgan fingerprint density at radius 1 is 1.26 bits per heavy atom. The van der Waals surface area contributed by atoms with Gasteiger partial charge in [0.2, 0.25) is 0 Å². The van der Waals surface area contributed by atoms with Crippen LogP contribution in [-0.4, -0.2) is 38.8 Å². The molecule has 0 N–H and O–H groups in total. The van der Waals surface area contributed by atoms with Crippen LogP contribution < -0.4 is 9.84 Å². The van der Waals surface area contributed by atoms with Gasteiger partial charge in [0.05, 0.1) is 21.1 Å². The van der Waals surface area contributed by atoms with Crippen LogP contribution in [0, 0.1) is 0 Å². The molecular formula is C14H23IN2O2. The summed E-state index contributed by atoms with van der Waals surface area (Å²) >= 11 is 0. The molecule has 1 unspecified atom stereocenters. The molecule has 0 heterocycles. The van der Waals surface area contributed by atoms with Crippen LogP contribution in [-0.2, 0) is 0 Å². The van der Waals surface area contributed by atoms with Gasteiger partial charge in [-0.1, -0.05) is 19.1 Å². The molecule has 0 saturated carbocycles. The van der Waals surface area contributed by atoms with Gasteiger partial charge in [-0.25, -0.2) is 0 Å². The summed E-state index contributed by atoms with van der Waals surface area (Å²) in [7, 11) is 7.95. The van der Waals surface area contributed by atoms with Crippen molar-refractivity contribution >= 4 is 30.1 Å². The molecule has 108 valence electrons. The number of rotatable bonds is 4. The zero-order valence-electron chi connectivity index (χ0n) is 12.2. The SMILES string of the molecule is CCC(c1ccc(OC([O-])=NC)cc1)[N+](C)(C)C.I. The van der Waals surface area contributed by atoms with Crippen molar-refractivity contribution in [2.24, 2.45) is 4.99 Å². The van der Waals surface area contributed by atoms with Gasteiger partial charge in [0.1, 0.15) is 12.1 Å². The van der Waals surface area contributed by atoms with Crippen molar-refractivity contribution in [1.29, 1.82) is 0 Å². The van der Waals surface area contributed by atoms with Gasteiger partial charge in [-0.2, -0.15) is 0 Å². The van der Waals surface area contributed by atoms with Gasteiger partial charge in [0, 0.05) is 24.8 Å². The van der Waals surface area contributed by atoms with Crippen LogP contribution >= 0.6 is 24.0 Å². The van der Waals surface area contributed by atoms with E-state index in [1.165, 1.54) is 12.6 Å². The highest BCUT2D eigenvalue weighted by Crippen LogP contribution is 2.27. The Labute approximate surface area is 132 Å². The molecule has 0 spiro atoms. The second-order valence-corrected chi connectivity index (χ2v) is 5.20. The van der Waals surface area contributed by atoms with E-state index in [9.17, 15) is 5.11 Å². The van der Waals surface area contributed by atoms with Crippen LogP contribution in [0.1, 0.15) is 24.9 Å². The predicted octanol–water partition coefficient (Wildman–Crippen LogP) is 2.19. The van der Waals surface area contributed by atoms with Crippen molar-refractivity contribution in [2.75, 3.05) is 28.2 Å². The maximum Gasteiger partial charge on any atom is 0.149 e. The summed E-state index contributed by atoms with van der Waals surface area (Å²) in [5.74, 6) is 0.533. The van der Waals surface area contributed by atoms with E-state index >= 15 is 0 Å². The van der Waals surface area contributed by atoms with Gasteiger partial charge < -0.3 is 14.3 Å². The normalized spacial score (nSPS) is 13.6. The number of ether oxygens (including phenoxy) is 1. The zero-order chi connectivity index (χ0) is 13.8. The lowest BCUT2D eigenvalue weighted by atomic mass is 10.0. The van der Waals surface area contributed by atoms with Crippen molar-refractivity contribution in [3.8, 4) is 5.75 Å². The maximum atomic E-state index is 11.0. The van der Waals surface area contributed by atoms with Crippen molar-refractivity contribution in [3.05, 3.63) is 29.8 Å². The molecule has 5 heteroatoms. The third-order valence-electron chi connectivity index (χ3n) is 2.97. The number of benzene rings is 1. The predicted molar refractivity (Wildman–Crippen MR) is 86.9 cm³/mol. The van der Waals surface area contributed by atoms with E-state index in [-0.39, 0.29) is 24.0 Å². The van der Waals surface area contributed by atoms with Crippen LogP contribution in [0.4, 0.5) is 0 Å². The van der Waals surface area contributed by atoms with Gasteiger partial charge >= 0.3 is 0 Å². The highest BCUT2D eigenvalue weighted by atomic mass is 127. The van der Waals surface area contributed by atoms with Gasteiger partial charge in [0.25, 0.3) is 0 Å². The number of quaternary nitrogens is 1. The molecule has 19 heavy (non-hydrogen) atoms. The highest BCUT2D eigenvalue weighted by molar-refractivity contribution is 14.0. The first-order valence-corrected chi connectivity index (χ1v) is 6.11. The standard InChI is InChI=1S/C14H22N2O2.HI/c1-6-13(16(3,4)5)11-7-9-12(10-8-11)18-14(17)15-2;/h7-10,13H,6H2,1-5H3;1H. The fourth-order valence-electron chi connectivity index (χ4n) is 2.14. The van der Waals surface area contributed by atoms with Gasteiger partial charge in [-0.15, -0.1) is 24.0 Å². The van der Waals surface area contributed by atoms with E-state index < -0.39 is 6.08 Å². The Morgan fingerprint density at radius 2 is 1.79 bits per heavy atom. The van der Waals surface area contributed by atoms with Gasteiger partial charge in [0.15, 0.2) is 0 Å². The summed E-state index contributed by atoms with van der Waals surface area (Å²) in [4.78, 5) is 3.43. The summed E-state index contributed by atoms with van der Waals surface area (Å²) < 4.78 is 5.88. The van der Waals surface area contributed by atoms with Gasteiger partial charge in [-0.05, 0) is 12.1 Å². The number of aliphatic imine (C=N–C) groups is 1. The fraction of sp³-hybridized carbons (Fsp3) is 0.500. The third kappa shape index (κ3) is 5.36. The molecule has 0 fully saturated rings. The van der Waals surface area contributed by atoms with Gasteiger partial charge in [-0.3, -0.25) is 4.99 Å². The minimum Gasteiger partial charge on any atom is -0.567 e. The Bertz CT molecular complexity index is 410. The van der Waals surface area contributed by atoms with Crippen LogP contribution in [0.3, 0.4) is 0 Å². The smallest absolute Gasteiger partial charge is 0.149 e. The lowest BCUT2D eigenvalue weighted by Gasteiger charge is -2.34. The van der Waals surface area contributed by atoms with E-state index in [0.717, 1.165) is 10.9 Å². The molecule has 1 aromatic carbocycles. The molecule has 0 aliphatic rings. The molecule has 0 aliphatic carbocycles. The number of nitrogens with zero attached hydrogens (tertiary/aromatic N) is 2. The minimum atomic E-state index is -0.568. The van der Waals surface area contributed by atoms with Crippen molar-refractivity contribution in [3.63, 3.8) is 0 Å². The minimum absolute atomic E-state index is 0. The summed E-state index contributed by atoms with van der Waals surface area (Å²) in [6.07, 6.45) is 0.494. The molecule has 0 aromatic heterocycles. The monoisotopic (exact) mass is 378 g/mol. The molecule has 0 radical (unpaired) electrons. The summed E-state index contributed by atoms with van der Waals surface area (Å²) in [6, 6.07) is 8.09. The van der Waals surface area contributed by atoms with Crippen LogP contribution in [0.2, 0.25) is 0 Å². The van der Waals surface area contributed by atoms with E-state index in [0.29, 0.717) is 11.8 Å². The quantitative estimate of drug-likeness (QED) is 0.349. The second kappa shape index (κ2) is 7.69. The Hall–Kier alpha value is -0.820. The Balaban J connectivity index is 0.00000324. The van der Waals surface area contributed by atoms with Crippen molar-refractivity contribution in [2.45, 2.75) is 19.4 Å². The van der Waals surface area contributed by atoms with Crippen molar-refractivity contribution in [1.82, 2.24) is 0 Å². The van der Waals surface area contributed by atoms with E-state index in [2.05, 4.69) is 33.1 Å². The average molecular weight is 378 g/mol. The van der Waals surface area contributed by atoms with Crippen molar-refractivity contribution < 1.29 is 14.3 Å².